The van der Waals surface area contributed by atoms with Gasteiger partial charge in [-0.05, 0) is 52.9 Å². The van der Waals surface area contributed by atoms with E-state index in [0.29, 0.717) is 0 Å². The molecule has 3 nitrogen and oxygen atoms in total. The molecule has 4 heteroatoms. The molecule has 0 unspecified atom stereocenters. The van der Waals surface area contributed by atoms with Crippen molar-refractivity contribution < 1.29 is 9.84 Å². The first-order chi connectivity index (χ1) is 8.15. The van der Waals surface area contributed by atoms with Crippen molar-refractivity contribution in [2.24, 2.45) is 0 Å². The third-order valence-corrected chi connectivity index (χ3v) is 4.12. The van der Waals surface area contributed by atoms with Crippen molar-refractivity contribution in [3.63, 3.8) is 0 Å². The second-order valence-corrected chi connectivity index (χ2v) is 5.48. The Bertz CT molecular complexity index is 385. The van der Waals surface area contributed by atoms with Gasteiger partial charge in [-0.3, -0.25) is 0 Å². The number of phenolic OH excluding ortho intramolecular Hbond substituents is 1. The van der Waals surface area contributed by atoms with Gasteiger partial charge in [0.15, 0.2) is 0 Å². The summed E-state index contributed by atoms with van der Waals surface area (Å²) >= 11 is 3.31. The molecule has 1 aromatic carbocycles. The first-order valence-electron chi connectivity index (χ1n) is 5.88. The predicted octanol–water partition coefficient (Wildman–Crippen LogP) is 2.81. The van der Waals surface area contributed by atoms with Crippen LogP contribution in [0.25, 0.3) is 0 Å². The Labute approximate surface area is 110 Å². The maximum atomic E-state index is 9.40. The Hall–Kier alpha value is -0.580. The van der Waals surface area contributed by atoms with E-state index < -0.39 is 0 Å². The number of hydrogen-bond acceptors (Lipinski definition) is 3. The summed E-state index contributed by atoms with van der Waals surface area (Å²) in [4.78, 5) is 0. The first-order valence-corrected chi connectivity index (χ1v) is 6.68. The SMILES string of the molecule is COC1(CNCc2ccc(O)c(Br)c2)CCC1. The van der Waals surface area contributed by atoms with Crippen molar-refractivity contribution >= 4 is 15.9 Å². The van der Waals surface area contributed by atoms with Crippen LogP contribution in [0.3, 0.4) is 0 Å². The van der Waals surface area contributed by atoms with Gasteiger partial charge in [0.1, 0.15) is 5.75 Å². The van der Waals surface area contributed by atoms with Gasteiger partial charge in [-0.1, -0.05) is 6.07 Å². The Morgan fingerprint density at radius 2 is 2.24 bits per heavy atom. The van der Waals surface area contributed by atoms with E-state index >= 15 is 0 Å². The van der Waals surface area contributed by atoms with E-state index in [9.17, 15) is 5.11 Å². The topological polar surface area (TPSA) is 41.5 Å². The highest BCUT2D eigenvalue weighted by Gasteiger charge is 2.36. The molecule has 1 aliphatic carbocycles. The summed E-state index contributed by atoms with van der Waals surface area (Å²) < 4.78 is 6.28. The Kier molecular flexibility index (Phi) is 4.07. The number of methoxy groups -OCH3 is 1. The van der Waals surface area contributed by atoms with Crippen LogP contribution in [0.4, 0.5) is 0 Å². The molecule has 17 heavy (non-hydrogen) atoms. The second kappa shape index (κ2) is 5.38. The minimum atomic E-state index is 0.0636. The predicted molar refractivity (Wildman–Crippen MR) is 71.1 cm³/mol. The molecule has 1 aliphatic rings. The summed E-state index contributed by atoms with van der Waals surface area (Å²) in [6.45, 7) is 1.69. The number of rotatable bonds is 5. The van der Waals surface area contributed by atoms with Gasteiger partial charge in [-0.15, -0.1) is 0 Å². The fourth-order valence-electron chi connectivity index (χ4n) is 2.12. The third-order valence-electron chi connectivity index (χ3n) is 3.49. The van der Waals surface area contributed by atoms with Crippen molar-refractivity contribution in [2.45, 2.75) is 31.4 Å². The van der Waals surface area contributed by atoms with E-state index in [1.807, 2.05) is 12.1 Å². The second-order valence-electron chi connectivity index (χ2n) is 4.63. The number of nitrogens with one attached hydrogen (secondary N) is 1. The van der Waals surface area contributed by atoms with Crippen LogP contribution in [0.1, 0.15) is 24.8 Å². The average Bonchev–Trinajstić information content (AvgIpc) is 2.27. The molecule has 0 amide bonds. The van der Waals surface area contributed by atoms with Crippen LogP contribution in [0.2, 0.25) is 0 Å². The molecule has 1 saturated carbocycles. The largest absolute Gasteiger partial charge is 0.507 e. The lowest BCUT2D eigenvalue weighted by molar-refractivity contribution is -0.0695. The zero-order valence-electron chi connectivity index (χ0n) is 10.0. The Morgan fingerprint density at radius 3 is 2.76 bits per heavy atom. The molecule has 0 atom stereocenters. The summed E-state index contributed by atoms with van der Waals surface area (Å²) in [5.74, 6) is 0.279. The van der Waals surface area contributed by atoms with E-state index in [4.69, 9.17) is 4.74 Å². The minimum Gasteiger partial charge on any atom is -0.507 e. The van der Waals surface area contributed by atoms with Crippen LogP contribution in [-0.2, 0) is 11.3 Å². The van der Waals surface area contributed by atoms with Crippen LogP contribution < -0.4 is 5.32 Å². The maximum Gasteiger partial charge on any atom is 0.129 e. The van der Waals surface area contributed by atoms with Crippen molar-refractivity contribution in [1.82, 2.24) is 5.32 Å². The molecule has 0 radical (unpaired) electrons. The lowest BCUT2D eigenvalue weighted by Gasteiger charge is -2.40. The number of phenols is 1. The molecule has 0 aliphatic heterocycles. The van der Waals surface area contributed by atoms with E-state index in [1.165, 1.54) is 6.42 Å². The number of benzene rings is 1. The van der Waals surface area contributed by atoms with Gasteiger partial charge in [0, 0.05) is 20.2 Å². The van der Waals surface area contributed by atoms with Crippen molar-refractivity contribution in [3.8, 4) is 5.75 Å². The van der Waals surface area contributed by atoms with Gasteiger partial charge in [0.05, 0.1) is 10.1 Å². The lowest BCUT2D eigenvalue weighted by atomic mass is 9.80. The van der Waals surface area contributed by atoms with Gasteiger partial charge in [0.25, 0.3) is 0 Å². The van der Waals surface area contributed by atoms with Gasteiger partial charge in [0.2, 0.25) is 0 Å². The molecule has 0 bridgehead atoms. The van der Waals surface area contributed by atoms with E-state index in [0.717, 1.165) is 36.0 Å². The normalized spacial score (nSPS) is 17.8. The summed E-state index contributed by atoms with van der Waals surface area (Å²) in [5.41, 5.74) is 1.22. The van der Waals surface area contributed by atoms with Crippen LogP contribution in [0, 0.1) is 0 Å². The Balaban J connectivity index is 1.83. The zero-order valence-corrected chi connectivity index (χ0v) is 11.6. The average molecular weight is 300 g/mol. The molecule has 2 rings (SSSR count). The van der Waals surface area contributed by atoms with Gasteiger partial charge in [-0.2, -0.15) is 0 Å². The quantitative estimate of drug-likeness (QED) is 0.878. The van der Waals surface area contributed by atoms with E-state index in [2.05, 4.69) is 21.2 Å². The van der Waals surface area contributed by atoms with Gasteiger partial charge >= 0.3 is 0 Å². The molecule has 0 heterocycles. The van der Waals surface area contributed by atoms with Crippen molar-refractivity contribution in [3.05, 3.63) is 28.2 Å². The molecule has 94 valence electrons. The summed E-state index contributed by atoms with van der Waals surface area (Å²) in [5, 5.41) is 12.8. The monoisotopic (exact) mass is 299 g/mol. The molecule has 1 fully saturated rings. The van der Waals surface area contributed by atoms with Crippen LogP contribution in [0.15, 0.2) is 22.7 Å². The molecule has 2 N–H and O–H groups in total. The number of halogens is 1. The van der Waals surface area contributed by atoms with Gasteiger partial charge < -0.3 is 15.2 Å². The summed E-state index contributed by atoms with van der Waals surface area (Å²) in [7, 11) is 1.79. The highest BCUT2D eigenvalue weighted by Crippen LogP contribution is 2.34. The highest BCUT2D eigenvalue weighted by molar-refractivity contribution is 9.10. The molecular weight excluding hydrogens is 282 g/mol. The molecule has 0 saturated heterocycles. The summed E-state index contributed by atoms with van der Waals surface area (Å²) in [6, 6.07) is 5.56. The van der Waals surface area contributed by atoms with E-state index in [1.54, 1.807) is 13.2 Å². The summed E-state index contributed by atoms with van der Waals surface area (Å²) in [6.07, 6.45) is 3.56. The third kappa shape index (κ3) is 3.00. The van der Waals surface area contributed by atoms with Crippen molar-refractivity contribution in [2.75, 3.05) is 13.7 Å². The van der Waals surface area contributed by atoms with E-state index in [-0.39, 0.29) is 11.4 Å². The van der Waals surface area contributed by atoms with Gasteiger partial charge in [-0.25, -0.2) is 0 Å². The van der Waals surface area contributed by atoms with Crippen LogP contribution >= 0.6 is 15.9 Å². The number of hydrogen-bond donors (Lipinski definition) is 2. The standard InChI is InChI=1S/C13H18BrNO2/c1-17-13(5-2-6-13)9-15-8-10-3-4-12(16)11(14)7-10/h3-4,7,15-16H,2,5-6,8-9H2,1H3. The molecule has 0 spiro atoms. The minimum absolute atomic E-state index is 0.0636. The smallest absolute Gasteiger partial charge is 0.129 e. The van der Waals surface area contributed by atoms with Crippen LogP contribution in [-0.4, -0.2) is 24.4 Å². The highest BCUT2D eigenvalue weighted by atomic mass is 79.9. The first kappa shape index (κ1) is 12.9. The fourth-order valence-corrected chi connectivity index (χ4v) is 2.55. The Morgan fingerprint density at radius 1 is 1.47 bits per heavy atom. The maximum absolute atomic E-state index is 9.40. The molecule has 0 aromatic heterocycles. The molecular formula is C13H18BrNO2. The van der Waals surface area contributed by atoms with Crippen LogP contribution in [0.5, 0.6) is 5.75 Å². The van der Waals surface area contributed by atoms with Crippen molar-refractivity contribution in [1.29, 1.82) is 0 Å². The lowest BCUT2D eigenvalue weighted by Crippen LogP contribution is -2.47. The zero-order chi connectivity index (χ0) is 12.3. The fraction of sp³-hybridized carbons (Fsp3) is 0.538. The number of aromatic hydroxyl groups is 1. The number of ether oxygens (including phenoxy) is 1. The molecule has 1 aromatic rings.